The number of hydrogen-bond donors (Lipinski definition) is 1. The van der Waals surface area contributed by atoms with Crippen molar-refractivity contribution in [1.29, 1.82) is 0 Å². The monoisotopic (exact) mass is 347 g/mol. The number of nitrogens with zero attached hydrogens (tertiary/aromatic N) is 2. The van der Waals surface area contributed by atoms with Gasteiger partial charge in [-0.05, 0) is 25.1 Å². The van der Waals surface area contributed by atoms with Crippen LogP contribution in [0.4, 0.5) is 5.13 Å². The highest BCUT2D eigenvalue weighted by Crippen LogP contribution is 2.29. The third-order valence-electron chi connectivity index (χ3n) is 4.15. The van der Waals surface area contributed by atoms with Gasteiger partial charge in [-0.1, -0.05) is 0 Å². The van der Waals surface area contributed by atoms with Crippen molar-refractivity contribution in [3.63, 3.8) is 0 Å². The van der Waals surface area contributed by atoms with Gasteiger partial charge < -0.3 is 14.8 Å². The van der Waals surface area contributed by atoms with E-state index in [1.165, 1.54) is 11.3 Å². The Bertz CT molecular complexity index is 684. The van der Waals surface area contributed by atoms with Crippen LogP contribution in [-0.4, -0.2) is 38.2 Å². The van der Waals surface area contributed by atoms with Crippen molar-refractivity contribution in [3.05, 3.63) is 35.3 Å². The summed E-state index contributed by atoms with van der Waals surface area (Å²) in [5, 5.41) is 5.84. The Labute approximate surface area is 145 Å². The third-order valence-corrected chi connectivity index (χ3v) is 4.94. The van der Waals surface area contributed by atoms with Crippen LogP contribution in [0, 0.1) is 5.92 Å². The van der Waals surface area contributed by atoms with Gasteiger partial charge in [0.25, 0.3) is 0 Å². The number of methoxy groups -OCH3 is 2. The zero-order chi connectivity index (χ0) is 16.9. The molecule has 1 aliphatic rings. The molecular formula is C17H21N3O3S. The molecule has 2 heterocycles. The van der Waals surface area contributed by atoms with Crippen LogP contribution in [0.1, 0.15) is 12.0 Å². The van der Waals surface area contributed by atoms with Gasteiger partial charge >= 0.3 is 0 Å². The van der Waals surface area contributed by atoms with Gasteiger partial charge in [-0.2, -0.15) is 0 Å². The van der Waals surface area contributed by atoms with Gasteiger partial charge in [0.15, 0.2) is 5.13 Å². The summed E-state index contributed by atoms with van der Waals surface area (Å²) in [4.78, 5) is 19.0. The Morgan fingerprint density at radius 1 is 1.42 bits per heavy atom. The van der Waals surface area contributed by atoms with Crippen LogP contribution in [0.2, 0.25) is 0 Å². The molecule has 2 aromatic rings. The summed E-state index contributed by atoms with van der Waals surface area (Å²) in [6, 6.07) is 5.63. The molecule has 0 bridgehead atoms. The van der Waals surface area contributed by atoms with E-state index in [-0.39, 0.29) is 11.8 Å². The molecule has 6 nitrogen and oxygen atoms in total. The first-order chi connectivity index (χ1) is 11.7. The number of nitrogens with one attached hydrogen (secondary N) is 1. The van der Waals surface area contributed by atoms with Gasteiger partial charge in [-0.25, -0.2) is 4.98 Å². The van der Waals surface area contributed by atoms with Crippen molar-refractivity contribution in [1.82, 2.24) is 10.3 Å². The van der Waals surface area contributed by atoms with E-state index in [4.69, 9.17) is 9.47 Å². The second-order valence-corrected chi connectivity index (χ2v) is 6.48. The minimum Gasteiger partial charge on any atom is -0.497 e. The van der Waals surface area contributed by atoms with E-state index < -0.39 is 0 Å². The van der Waals surface area contributed by atoms with Crippen molar-refractivity contribution in [3.8, 4) is 11.5 Å². The molecule has 0 radical (unpaired) electrons. The first kappa shape index (κ1) is 16.7. The second kappa shape index (κ2) is 7.63. The highest BCUT2D eigenvalue weighted by atomic mass is 32.1. The molecule has 0 spiro atoms. The first-order valence-electron chi connectivity index (χ1n) is 7.85. The lowest BCUT2D eigenvalue weighted by molar-refractivity contribution is -0.122. The SMILES string of the molecule is COc1ccc(CN(C(=O)C2CCNC2)c2nccs2)c(OC)c1. The summed E-state index contributed by atoms with van der Waals surface area (Å²) < 4.78 is 10.7. The molecule has 1 amide bonds. The van der Waals surface area contributed by atoms with Crippen molar-refractivity contribution in [2.75, 3.05) is 32.2 Å². The van der Waals surface area contributed by atoms with Crippen molar-refractivity contribution < 1.29 is 14.3 Å². The molecule has 128 valence electrons. The molecular weight excluding hydrogens is 326 g/mol. The van der Waals surface area contributed by atoms with Crippen LogP contribution in [0.5, 0.6) is 11.5 Å². The maximum Gasteiger partial charge on any atom is 0.233 e. The lowest BCUT2D eigenvalue weighted by Gasteiger charge is -2.24. The number of amides is 1. The number of anilines is 1. The largest absolute Gasteiger partial charge is 0.497 e. The Balaban J connectivity index is 1.88. The third kappa shape index (κ3) is 3.52. The molecule has 1 atom stereocenters. The van der Waals surface area contributed by atoms with Gasteiger partial charge in [-0.15, -0.1) is 11.3 Å². The Morgan fingerprint density at radius 3 is 2.92 bits per heavy atom. The van der Waals surface area contributed by atoms with Crippen molar-refractivity contribution >= 4 is 22.4 Å². The molecule has 0 saturated carbocycles. The first-order valence-corrected chi connectivity index (χ1v) is 8.73. The number of carbonyl (C=O) groups is 1. The number of aromatic nitrogens is 1. The number of carbonyl (C=O) groups excluding carboxylic acids is 1. The lowest BCUT2D eigenvalue weighted by atomic mass is 10.1. The van der Waals surface area contributed by atoms with Crippen molar-refractivity contribution in [2.45, 2.75) is 13.0 Å². The van der Waals surface area contributed by atoms with E-state index in [0.29, 0.717) is 17.4 Å². The molecule has 24 heavy (non-hydrogen) atoms. The van der Waals surface area contributed by atoms with Crippen LogP contribution >= 0.6 is 11.3 Å². The lowest BCUT2D eigenvalue weighted by Crippen LogP contribution is -2.36. The number of thiazole rings is 1. The Morgan fingerprint density at radius 2 is 2.29 bits per heavy atom. The summed E-state index contributed by atoms with van der Waals surface area (Å²) in [6.45, 7) is 2.03. The van der Waals surface area contributed by atoms with E-state index in [0.717, 1.165) is 30.8 Å². The van der Waals surface area contributed by atoms with E-state index >= 15 is 0 Å². The topological polar surface area (TPSA) is 63.7 Å². The molecule has 1 N–H and O–H groups in total. The predicted octanol–water partition coefficient (Wildman–Crippen LogP) is 2.30. The molecule has 1 aromatic heterocycles. The molecule has 7 heteroatoms. The standard InChI is InChI=1S/C17H21N3O3S/c1-22-14-4-3-13(15(9-14)23-2)11-20(17-19-7-8-24-17)16(21)12-5-6-18-10-12/h3-4,7-9,12,18H,5-6,10-11H2,1-2H3. The average molecular weight is 347 g/mol. The van der Waals surface area contributed by atoms with Crippen LogP contribution < -0.4 is 19.7 Å². The highest BCUT2D eigenvalue weighted by molar-refractivity contribution is 7.13. The number of benzene rings is 1. The van der Waals surface area contributed by atoms with Gasteiger partial charge in [0.1, 0.15) is 11.5 Å². The molecule has 1 aromatic carbocycles. The molecule has 3 rings (SSSR count). The summed E-state index contributed by atoms with van der Waals surface area (Å²) >= 11 is 1.47. The van der Waals surface area contributed by atoms with Crippen LogP contribution in [0.15, 0.2) is 29.8 Å². The Kier molecular flexibility index (Phi) is 5.32. The zero-order valence-corrected chi connectivity index (χ0v) is 14.6. The maximum absolute atomic E-state index is 13.0. The molecule has 1 saturated heterocycles. The molecule has 1 fully saturated rings. The van der Waals surface area contributed by atoms with E-state index in [2.05, 4.69) is 10.3 Å². The summed E-state index contributed by atoms with van der Waals surface area (Å²) in [5.74, 6) is 1.53. The van der Waals surface area contributed by atoms with Crippen LogP contribution in [0.25, 0.3) is 0 Å². The number of hydrogen-bond acceptors (Lipinski definition) is 6. The highest BCUT2D eigenvalue weighted by Gasteiger charge is 2.29. The average Bonchev–Trinajstić information content (AvgIpc) is 3.32. The minimum absolute atomic E-state index is 0.00172. The smallest absolute Gasteiger partial charge is 0.233 e. The maximum atomic E-state index is 13.0. The normalized spacial score (nSPS) is 16.8. The minimum atomic E-state index is -0.00172. The van der Waals surface area contributed by atoms with Gasteiger partial charge in [-0.3, -0.25) is 9.69 Å². The number of rotatable bonds is 6. The van der Waals surface area contributed by atoms with Gasteiger partial charge in [0.05, 0.1) is 26.7 Å². The predicted molar refractivity (Wildman–Crippen MR) is 93.8 cm³/mol. The van der Waals surface area contributed by atoms with Crippen LogP contribution in [0.3, 0.4) is 0 Å². The fraction of sp³-hybridized carbons (Fsp3) is 0.412. The second-order valence-electron chi connectivity index (χ2n) is 5.61. The molecule has 0 aliphatic carbocycles. The zero-order valence-electron chi connectivity index (χ0n) is 13.8. The van der Waals surface area contributed by atoms with Gasteiger partial charge in [0, 0.05) is 29.8 Å². The van der Waals surface area contributed by atoms with E-state index in [9.17, 15) is 4.79 Å². The summed E-state index contributed by atoms with van der Waals surface area (Å²) in [5.41, 5.74) is 0.924. The molecule has 1 aliphatic heterocycles. The van der Waals surface area contributed by atoms with Gasteiger partial charge in [0.2, 0.25) is 5.91 Å². The van der Waals surface area contributed by atoms with E-state index in [1.54, 1.807) is 25.3 Å². The summed E-state index contributed by atoms with van der Waals surface area (Å²) in [7, 11) is 3.24. The summed E-state index contributed by atoms with van der Waals surface area (Å²) in [6.07, 6.45) is 2.58. The molecule has 1 unspecified atom stereocenters. The van der Waals surface area contributed by atoms with E-state index in [1.807, 2.05) is 23.6 Å². The Hall–Kier alpha value is -2.12. The van der Waals surface area contributed by atoms with Crippen LogP contribution in [-0.2, 0) is 11.3 Å². The number of ether oxygens (including phenoxy) is 2. The fourth-order valence-electron chi connectivity index (χ4n) is 2.83. The quantitative estimate of drug-likeness (QED) is 0.869. The fourth-order valence-corrected chi connectivity index (χ4v) is 3.47. The van der Waals surface area contributed by atoms with Crippen molar-refractivity contribution in [2.24, 2.45) is 5.92 Å².